The third-order valence-electron chi connectivity index (χ3n) is 2.65. The number of aliphatic hydroxyl groups is 1. The Morgan fingerprint density at radius 1 is 1.37 bits per heavy atom. The predicted molar refractivity (Wildman–Crippen MR) is 79.7 cm³/mol. The molecule has 0 fully saturated rings. The van der Waals surface area contributed by atoms with Crippen molar-refractivity contribution in [3.63, 3.8) is 0 Å². The molecule has 1 rings (SSSR count). The summed E-state index contributed by atoms with van der Waals surface area (Å²) in [5.74, 6) is -0.319. The molecule has 0 radical (unpaired) electrons. The summed E-state index contributed by atoms with van der Waals surface area (Å²) in [5.41, 5.74) is 8.16. The second-order valence-electron chi connectivity index (χ2n) is 4.43. The minimum Gasteiger partial charge on any atom is -0.393 e. The largest absolute Gasteiger partial charge is 0.393 e. The summed E-state index contributed by atoms with van der Waals surface area (Å²) in [4.78, 5) is 11.3. The van der Waals surface area contributed by atoms with Crippen molar-refractivity contribution in [2.75, 3.05) is 5.32 Å². The fourth-order valence-corrected chi connectivity index (χ4v) is 1.65. The lowest BCUT2D eigenvalue weighted by Gasteiger charge is -2.14. The minimum atomic E-state index is -0.678. The second kappa shape index (κ2) is 7.06. The summed E-state index contributed by atoms with van der Waals surface area (Å²) in [6, 6.07) is 5.86. The summed E-state index contributed by atoms with van der Waals surface area (Å²) in [6.07, 6.45) is -0.652. The van der Waals surface area contributed by atoms with E-state index < -0.39 is 6.10 Å². The highest BCUT2D eigenvalue weighted by atomic mass is 32.1. The molecule has 0 aliphatic heterocycles. The van der Waals surface area contributed by atoms with E-state index in [0.717, 1.165) is 16.8 Å². The molecule has 0 aliphatic carbocycles. The van der Waals surface area contributed by atoms with Crippen LogP contribution in [0.3, 0.4) is 0 Å². The SMILES string of the molecule is Cc1cccc(NC(=S)NNC(=O)C[C@@H](C)O)c1C. The van der Waals surface area contributed by atoms with E-state index in [-0.39, 0.29) is 12.3 Å². The maximum absolute atomic E-state index is 11.3. The van der Waals surface area contributed by atoms with Crippen LogP contribution in [0.5, 0.6) is 0 Å². The number of carbonyl (C=O) groups is 1. The lowest BCUT2D eigenvalue weighted by molar-refractivity contribution is -0.123. The molecule has 4 N–H and O–H groups in total. The van der Waals surface area contributed by atoms with Gasteiger partial charge in [0.25, 0.3) is 0 Å². The zero-order chi connectivity index (χ0) is 14.4. The number of thiocarbonyl (C=S) groups is 1. The highest BCUT2D eigenvalue weighted by molar-refractivity contribution is 7.80. The van der Waals surface area contributed by atoms with Crippen LogP contribution in [0.25, 0.3) is 0 Å². The molecule has 0 unspecified atom stereocenters. The molecule has 1 atom stereocenters. The number of aliphatic hydroxyl groups excluding tert-OH is 1. The quantitative estimate of drug-likeness (QED) is 0.498. The average molecular weight is 281 g/mol. The van der Waals surface area contributed by atoms with E-state index in [9.17, 15) is 4.79 Å². The van der Waals surface area contributed by atoms with E-state index in [2.05, 4.69) is 16.2 Å². The normalized spacial score (nSPS) is 11.6. The number of amides is 1. The summed E-state index contributed by atoms with van der Waals surface area (Å²) < 4.78 is 0. The molecule has 0 aliphatic rings. The molecule has 0 heterocycles. The van der Waals surface area contributed by atoms with Crippen molar-refractivity contribution < 1.29 is 9.90 Å². The van der Waals surface area contributed by atoms with Crippen LogP contribution < -0.4 is 16.2 Å². The zero-order valence-corrected chi connectivity index (χ0v) is 12.1. The predicted octanol–water partition coefficient (Wildman–Crippen LogP) is 1.39. The maximum Gasteiger partial charge on any atom is 0.240 e. The van der Waals surface area contributed by atoms with Crippen LogP contribution in [0.1, 0.15) is 24.5 Å². The first-order valence-corrected chi connectivity index (χ1v) is 6.41. The lowest BCUT2D eigenvalue weighted by Crippen LogP contribution is -2.44. The van der Waals surface area contributed by atoms with Gasteiger partial charge in [0, 0.05) is 5.69 Å². The van der Waals surface area contributed by atoms with Crippen LogP contribution in [-0.4, -0.2) is 22.2 Å². The molecule has 0 aromatic heterocycles. The lowest BCUT2D eigenvalue weighted by atomic mass is 10.1. The van der Waals surface area contributed by atoms with Crippen molar-refractivity contribution in [2.45, 2.75) is 33.3 Å². The van der Waals surface area contributed by atoms with Gasteiger partial charge >= 0.3 is 0 Å². The van der Waals surface area contributed by atoms with Crippen molar-refractivity contribution in [3.8, 4) is 0 Å². The number of carbonyl (C=O) groups excluding carboxylic acids is 1. The van der Waals surface area contributed by atoms with Crippen molar-refractivity contribution in [1.82, 2.24) is 10.9 Å². The summed E-state index contributed by atoms with van der Waals surface area (Å²) >= 11 is 5.07. The molecule has 1 aromatic rings. The van der Waals surface area contributed by atoms with Gasteiger partial charge in [-0.05, 0) is 50.2 Å². The minimum absolute atomic E-state index is 0.0269. The third kappa shape index (κ3) is 5.23. The van der Waals surface area contributed by atoms with Gasteiger partial charge in [-0.25, -0.2) is 0 Å². The molecule has 5 nitrogen and oxygen atoms in total. The molecule has 1 amide bonds. The van der Waals surface area contributed by atoms with Crippen LogP contribution >= 0.6 is 12.2 Å². The first-order valence-electron chi connectivity index (χ1n) is 6.00. The van der Waals surface area contributed by atoms with Crippen molar-refractivity contribution in [2.24, 2.45) is 0 Å². The van der Waals surface area contributed by atoms with Crippen LogP contribution in [0.4, 0.5) is 5.69 Å². The maximum atomic E-state index is 11.3. The number of hydrazine groups is 1. The Bertz CT molecular complexity index is 475. The van der Waals surface area contributed by atoms with E-state index in [0.29, 0.717) is 5.11 Å². The number of nitrogens with one attached hydrogen (secondary N) is 3. The Morgan fingerprint density at radius 3 is 2.68 bits per heavy atom. The van der Waals surface area contributed by atoms with Gasteiger partial charge < -0.3 is 10.4 Å². The molecule has 0 spiro atoms. The molecule has 1 aromatic carbocycles. The Balaban J connectivity index is 2.48. The topological polar surface area (TPSA) is 73.4 Å². The Morgan fingerprint density at radius 2 is 2.05 bits per heavy atom. The number of aryl methyl sites for hydroxylation is 1. The smallest absolute Gasteiger partial charge is 0.240 e. The number of anilines is 1. The van der Waals surface area contributed by atoms with Gasteiger partial charge in [-0.15, -0.1) is 0 Å². The van der Waals surface area contributed by atoms with Crippen molar-refractivity contribution in [3.05, 3.63) is 29.3 Å². The summed E-state index contributed by atoms with van der Waals surface area (Å²) in [7, 11) is 0. The van der Waals surface area contributed by atoms with Crippen molar-refractivity contribution >= 4 is 28.9 Å². The van der Waals surface area contributed by atoms with Gasteiger partial charge in [0.15, 0.2) is 5.11 Å². The molecular weight excluding hydrogens is 262 g/mol. The van der Waals surface area contributed by atoms with E-state index >= 15 is 0 Å². The van der Waals surface area contributed by atoms with Gasteiger partial charge in [0.2, 0.25) is 5.91 Å². The van der Waals surface area contributed by atoms with Gasteiger partial charge in [-0.2, -0.15) is 0 Å². The van der Waals surface area contributed by atoms with E-state index in [1.54, 1.807) is 6.92 Å². The van der Waals surface area contributed by atoms with E-state index in [1.807, 2.05) is 32.0 Å². The van der Waals surface area contributed by atoms with Crippen LogP contribution in [-0.2, 0) is 4.79 Å². The fourth-order valence-electron chi connectivity index (χ4n) is 1.49. The number of hydrogen-bond acceptors (Lipinski definition) is 3. The average Bonchev–Trinajstić information content (AvgIpc) is 2.32. The molecule has 104 valence electrons. The second-order valence-corrected chi connectivity index (χ2v) is 4.84. The first-order chi connectivity index (χ1) is 8.90. The number of rotatable bonds is 3. The Hall–Kier alpha value is -1.66. The van der Waals surface area contributed by atoms with Crippen LogP contribution in [0, 0.1) is 13.8 Å². The van der Waals surface area contributed by atoms with E-state index in [4.69, 9.17) is 17.3 Å². The zero-order valence-electron chi connectivity index (χ0n) is 11.3. The monoisotopic (exact) mass is 281 g/mol. The van der Waals surface area contributed by atoms with E-state index in [1.165, 1.54) is 0 Å². The number of benzene rings is 1. The molecule has 19 heavy (non-hydrogen) atoms. The summed E-state index contributed by atoms with van der Waals surface area (Å²) in [5, 5.41) is 12.4. The highest BCUT2D eigenvalue weighted by Crippen LogP contribution is 2.17. The molecule has 6 heteroatoms. The standard InChI is InChI=1S/C13H19N3O2S/c1-8-5-4-6-11(10(8)3)14-13(19)16-15-12(18)7-9(2)17/h4-6,9,17H,7H2,1-3H3,(H,15,18)(H2,14,16,19)/t9-/m1/s1. The molecule has 0 saturated heterocycles. The van der Waals surface area contributed by atoms with Gasteiger partial charge in [0.05, 0.1) is 12.5 Å². The fraction of sp³-hybridized carbons (Fsp3) is 0.385. The van der Waals surface area contributed by atoms with Crippen LogP contribution in [0.15, 0.2) is 18.2 Å². The van der Waals surface area contributed by atoms with Crippen molar-refractivity contribution in [1.29, 1.82) is 0 Å². The highest BCUT2D eigenvalue weighted by Gasteiger charge is 2.07. The number of hydrogen-bond donors (Lipinski definition) is 4. The van der Waals surface area contributed by atoms with Gasteiger partial charge in [-0.1, -0.05) is 12.1 Å². The van der Waals surface area contributed by atoms with Gasteiger partial charge in [-0.3, -0.25) is 15.6 Å². The first kappa shape index (κ1) is 15.4. The molecule has 0 bridgehead atoms. The summed E-state index contributed by atoms with van der Waals surface area (Å²) in [6.45, 7) is 5.56. The van der Waals surface area contributed by atoms with Crippen LogP contribution in [0.2, 0.25) is 0 Å². The van der Waals surface area contributed by atoms with Gasteiger partial charge in [0.1, 0.15) is 0 Å². The third-order valence-corrected chi connectivity index (χ3v) is 2.85. The molecular formula is C13H19N3O2S. The molecule has 0 saturated carbocycles. The Labute approximate surface area is 118 Å². The Kier molecular flexibility index (Phi) is 5.72.